The summed E-state index contributed by atoms with van der Waals surface area (Å²) >= 11 is 12.5. The van der Waals surface area contributed by atoms with Gasteiger partial charge < -0.3 is 10.1 Å². The Bertz CT molecular complexity index is 776. The summed E-state index contributed by atoms with van der Waals surface area (Å²) in [7, 11) is 1.41. The third kappa shape index (κ3) is 1.99. The highest BCUT2D eigenvalue weighted by Crippen LogP contribution is 2.45. The molecule has 0 bridgehead atoms. The normalized spacial score (nSPS) is 20.3. The van der Waals surface area contributed by atoms with Crippen LogP contribution in [0.4, 0.5) is 5.69 Å². The number of ether oxygens (including phenoxy) is 1. The maximum Gasteiger partial charge on any atom is 0.258 e. The summed E-state index contributed by atoms with van der Waals surface area (Å²) in [5.41, 5.74) is 0.927. The van der Waals surface area contributed by atoms with Gasteiger partial charge in [0.15, 0.2) is 11.5 Å². The van der Waals surface area contributed by atoms with E-state index in [1.165, 1.54) is 19.2 Å². The van der Waals surface area contributed by atoms with Crippen LogP contribution in [-0.2, 0) is 9.67 Å². The van der Waals surface area contributed by atoms with Crippen LogP contribution in [0.3, 0.4) is 0 Å². The summed E-state index contributed by atoms with van der Waals surface area (Å²) in [5, 5.41) is 2.94. The molecule has 1 N–H and O–H groups in total. The number of rotatable bonds is 2. The van der Waals surface area contributed by atoms with Crippen LogP contribution in [0, 0.1) is 0 Å². The average Bonchev–Trinajstić information content (AvgIpc) is 2.53. The number of halogens is 2. The van der Waals surface area contributed by atoms with Crippen molar-refractivity contribution in [2.24, 2.45) is 0 Å². The predicted octanol–water partition coefficient (Wildman–Crippen LogP) is 3.62. The number of benzene rings is 2. The zero-order valence-electron chi connectivity index (χ0n) is 11.5. The van der Waals surface area contributed by atoms with Gasteiger partial charge in [-0.3, -0.25) is 9.59 Å². The highest BCUT2D eigenvalue weighted by molar-refractivity contribution is 6.52. The number of fused-ring (bicyclic) bond motifs is 1. The Balaban J connectivity index is 2.21. The maximum absolute atomic E-state index is 12.8. The molecule has 0 radical (unpaired) electrons. The van der Waals surface area contributed by atoms with E-state index in [0.29, 0.717) is 10.6 Å². The van der Waals surface area contributed by atoms with Gasteiger partial charge in [0.1, 0.15) is 0 Å². The Morgan fingerprint density at radius 2 is 1.77 bits per heavy atom. The van der Waals surface area contributed by atoms with Crippen LogP contribution >= 0.6 is 23.2 Å². The van der Waals surface area contributed by atoms with Gasteiger partial charge in [-0.25, -0.2) is 0 Å². The molecule has 1 atom stereocenters. The molecular formula is C16H11Cl2NO3. The van der Waals surface area contributed by atoms with Crippen molar-refractivity contribution in [1.29, 1.82) is 0 Å². The topological polar surface area (TPSA) is 55.4 Å². The summed E-state index contributed by atoms with van der Waals surface area (Å²) in [6.45, 7) is 0. The molecule has 22 heavy (non-hydrogen) atoms. The number of methoxy groups -OCH3 is 1. The molecule has 2 aromatic rings. The van der Waals surface area contributed by atoms with Crippen molar-refractivity contribution in [2.75, 3.05) is 12.4 Å². The van der Waals surface area contributed by atoms with Crippen LogP contribution in [-0.4, -0.2) is 18.8 Å². The molecule has 112 valence electrons. The number of carbonyl (C=O) groups is 2. The first-order valence-corrected chi connectivity index (χ1v) is 7.23. The number of amides is 1. The van der Waals surface area contributed by atoms with Gasteiger partial charge in [0, 0.05) is 5.56 Å². The first-order valence-electron chi connectivity index (χ1n) is 6.47. The molecule has 1 unspecified atom stereocenters. The van der Waals surface area contributed by atoms with Gasteiger partial charge in [0.2, 0.25) is 4.87 Å². The predicted molar refractivity (Wildman–Crippen MR) is 84.9 cm³/mol. The lowest BCUT2D eigenvalue weighted by molar-refractivity contribution is -0.118. The third-order valence-corrected chi connectivity index (χ3v) is 4.45. The minimum atomic E-state index is -1.80. The Morgan fingerprint density at radius 1 is 1.09 bits per heavy atom. The summed E-state index contributed by atoms with van der Waals surface area (Å²) in [4.78, 5) is 23.5. The summed E-state index contributed by atoms with van der Waals surface area (Å²) < 4.78 is 5.17. The summed E-state index contributed by atoms with van der Waals surface area (Å²) in [5.74, 6) is -0.889. The average molecular weight is 336 g/mol. The fraction of sp³-hybridized carbons (Fsp3) is 0.125. The number of carbonyl (C=O) groups excluding carboxylic acids is 2. The molecule has 6 heteroatoms. The van der Waals surface area contributed by atoms with Gasteiger partial charge in [-0.05, 0) is 17.7 Å². The standard InChI is InChI=1S/C16H11Cl2NO3/c1-22-13-11(17)8-7-10-12(13)19-15(21)16(18,14(10)20)9-5-3-2-4-6-9/h2-8H,1H3,(H,19,21). The Labute approximate surface area is 137 Å². The van der Waals surface area contributed by atoms with Crippen molar-refractivity contribution >= 4 is 40.6 Å². The molecule has 1 aliphatic heterocycles. The van der Waals surface area contributed by atoms with E-state index in [1.54, 1.807) is 30.3 Å². The lowest BCUT2D eigenvalue weighted by atomic mass is 9.85. The van der Waals surface area contributed by atoms with Crippen LogP contribution in [0.25, 0.3) is 0 Å². The van der Waals surface area contributed by atoms with Gasteiger partial charge in [-0.15, -0.1) is 0 Å². The van der Waals surface area contributed by atoms with E-state index in [0.717, 1.165) is 0 Å². The molecule has 0 saturated heterocycles. The monoisotopic (exact) mass is 335 g/mol. The van der Waals surface area contributed by atoms with Gasteiger partial charge >= 0.3 is 0 Å². The molecular weight excluding hydrogens is 325 g/mol. The Morgan fingerprint density at radius 3 is 2.41 bits per heavy atom. The molecule has 2 aromatic carbocycles. The molecule has 3 rings (SSSR count). The highest BCUT2D eigenvalue weighted by atomic mass is 35.5. The number of nitrogens with one attached hydrogen (secondary N) is 1. The first-order chi connectivity index (χ1) is 10.5. The number of ketones is 1. The van der Waals surface area contributed by atoms with E-state index in [-0.39, 0.29) is 17.0 Å². The van der Waals surface area contributed by atoms with Gasteiger partial charge in [-0.2, -0.15) is 0 Å². The van der Waals surface area contributed by atoms with Crippen molar-refractivity contribution in [1.82, 2.24) is 0 Å². The van der Waals surface area contributed by atoms with Gasteiger partial charge in [0.25, 0.3) is 5.91 Å². The molecule has 0 fully saturated rings. The summed E-state index contributed by atoms with van der Waals surface area (Å²) in [6.07, 6.45) is 0. The van der Waals surface area contributed by atoms with Crippen molar-refractivity contribution < 1.29 is 14.3 Å². The minimum Gasteiger partial charge on any atom is -0.493 e. The molecule has 0 saturated carbocycles. The van der Waals surface area contributed by atoms with Gasteiger partial charge in [-0.1, -0.05) is 53.5 Å². The van der Waals surface area contributed by atoms with E-state index in [9.17, 15) is 9.59 Å². The second kappa shape index (κ2) is 5.30. The van der Waals surface area contributed by atoms with E-state index in [2.05, 4.69) is 5.32 Å². The van der Waals surface area contributed by atoms with Crippen molar-refractivity contribution in [3.63, 3.8) is 0 Å². The second-order valence-corrected chi connectivity index (χ2v) is 5.79. The number of anilines is 1. The highest BCUT2D eigenvalue weighted by Gasteiger charge is 2.50. The summed E-state index contributed by atoms with van der Waals surface area (Å²) in [6, 6.07) is 11.6. The second-order valence-electron chi connectivity index (χ2n) is 4.81. The van der Waals surface area contributed by atoms with E-state index in [4.69, 9.17) is 27.9 Å². The first kappa shape index (κ1) is 14.9. The maximum atomic E-state index is 12.8. The number of hydrogen-bond donors (Lipinski definition) is 1. The molecule has 0 aromatic heterocycles. The molecule has 0 aliphatic carbocycles. The fourth-order valence-corrected chi connectivity index (χ4v) is 3.00. The zero-order chi connectivity index (χ0) is 15.9. The van der Waals surface area contributed by atoms with E-state index >= 15 is 0 Å². The quantitative estimate of drug-likeness (QED) is 0.673. The van der Waals surface area contributed by atoms with Crippen molar-refractivity contribution in [3.8, 4) is 5.75 Å². The largest absolute Gasteiger partial charge is 0.493 e. The third-order valence-electron chi connectivity index (χ3n) is 3.59. The SMILES string of the molecule is COc1c(Cl)ccc2c1NC(=O)C(Cl)(c1ccccc1)C2=O. The molecule has 0 spiro atoms. The van der Waals surface area contributed by atoms with Crippen LogP contribution in [0.15, 0.2) is 42.5 Å². The van der Waals surface area contributed by atoms with Crippen LogP contribution < -0.4 is 10.1 Å². The number of hydrogen-bond acceptors (Lipinski definition) is 3. The smallest absolute Gasteiger partial charge is 0.258 e. The lowest BCUT2D eigenvalue weighted by Gasteiger charge is -2.31. The number of Topliss-reactive ketones (excluding diaryl/α,β-unsaturated/α-hetero) is 1. The minimum absolute atomic E-state index is 0.243. The van der Waals surface area contributed by atoms with Crippen molar-refractivity contribution in [3.05, 3.63) is 58.6 Å². The van der Waals surface area contributed by atoms with Gasteiger partial charge in [0.05, 0.1) is 17.8 Å². The van der Waals surface area contributed by atoms with E-state index in [1.807, 2.05) is 0 Å². The van der Waals surface area contributed by atoms with Crippen molar-refractivity contribution in [2.45, 2.75) is 4.87 Å². The van der Waals surface area contributed by atoms with Crippen LogP contribution in [0.1, 0.15) is 15.9 Å². The zero-order valence-corrected chi connectivity index (χ0v) is 13.0. The number of alkyl halides is 1. The molecule has 1 aliphatic rings. The van der Waals surface area contributed by atoms with E-state index < -0.39 is 16.6 Å². The lowest BCUT2D eigenvalue weighted by Crippen LogP contribution is -2.46. The molecule has 1 amide bonds. The van der Waals surface area contributed by atoms with Crippen LogP contribution in [0.2, 0.25) is 5.02 Å². The molecule has 1 heterocycles. The van der Waals surface area contributed by atoms with Crippen LogP contribution in [0.5, 0.6) is 5.75 Å². The molecule has 4 nitrogen and oxygen atoms in total. The fourth-order valence-electron chi connectivity index (χ4n) is 2.49. The Hall–Kier alpha value is -2.04. The Kier molecular flexibility index (Phi) is 3.59.